The summed E-state index contributed by atoms with van der Waals surface area (Å²) in [5.74, 6) is -0.122. The summed E-state index contributed by atoms with van der Waals surface area (Å²) in [5, 5.41) is 3.12. The lowest BCUT2D eigenvalue weighted by molar-refractivity contribution is -0.892. The normalized spacial score (nSPS) is 16.2. The summed E-state index contributed by atoms with van der Waals surface area (Å²) in [6, 6.07) is 13.0. The zero-order chi connectivity index (χ0) is 19.4. The fraction of sp³-hybridized carbons (Fsp3) is 0.409. The number of carbonyl (C=O) groups is 1. The number of benzene rings is 2. The molecular weight excluding hydrogens is 341 g/mol. The lowest BCUT2D eigenvalue weighted by Crippen LogP contribution is -3.15. The van der Waals surface area contributed by atoms with Crippen LogP contribution in [0.15, 0.2) is 42.5 Å². The first-order valence-corrected chi connectivity index (χ1v) is 9.63. The Hall–Kier alpha value is -2.40. The summed E-state index contributed by atoms with van der Waals surface area (Å²) in [7, 11) is 0. The predicted molar refractivity (Wildman–Crippen MR) is 107 cm³/mol. The second-order valence-corrected chi connectivity index (χ2v) is 7.52. The molecule has 1 heterocycles. The molecule has 0 spiro atoms. The van der Waals surface area contributed by atoms with Crippen LogP contribution in [-0.4, -0.2) is 38.6 Å². The summed E-state index contributed by atoms with van der Waals surface area (Å²) in [5.41, 5.74) is 4.70. The Morgan fingerprint density at radius 1 is 1.11 bits per heavy atom. The van der Waals surface area contributed by atoms with Crippen molar-refractivity contribution in [2.24, 2.45) is 0 Å². The molecule has 3 rings (SSSR count). The minimum Gasteiger partial charge on any atom is -0.360 e. The van der Waals surface area contributed by atoms with Gasteiger partial charge in [-0.15, -0.1) is 0 Å². The SMILES string of the molecule is Cc1ccc([C@@H](C)NC(=O)C[NH+]2CCN(c3ccc(F)cc3)CC2)cc1C. The standard InChI is InChI=1S/C22H28FN3O/c1-16-4-5-19(14-17(16)2)18(3)24-22(27)15-25-10-12-26(13-11-25)21-8-6-20(23)7-9-21/h4-9,14,18H,10-13,15H2,1-3H3,(H,24,27)/p+1/t18-/m1/s1. The molecule has 1 fully saturated rings. The third kappa shape index (κ3) is 5.07. The van der Waals surface area contributed by atoms with Crippen molar-refractivity contribution >= 4 is 11.6 Å². The van der Waals surface area contributed by atoms with Crippen LogP contribution in [-0.2, 0) is 4.79 Å². The first-order valence-electron chi connectivity index (χ1n) is 9.63. The summed E-state index contributed by atoms with van der Waals surface area (Å²) in [6.45, 7) is 10.3. The van der Waals surface area contributed by atoms with Gasteiger partial charge in [-0.05, 0) is 61.7 Å². The van der Waals surface area contributed by atoms with Gasteiger partial charge in [0.2, 0.25) is 0 Å². The number of anilines is 1. The van der Waals surface area contributed by atoms with E-state index < -0.39 is 0 Å². The number of aryl methyl sites for hydroxylation is 2. The van der Waals surface area contributed by atoms with E-state index in [-0.39, 0.29) is 17.8 Å². The highest BCUT2D eigenvalue weighted by Gasteiger charge is 2.23. The quantitative estimate of drug-likeness (QED) is 0.845. The van der Waals surface area contributed by atoms with Crippen LogP contribution >= 0.6 is 0 Å². The first kappa shape index (κ1) is 19.4. The maximum atomic E-state index is 13.1. The molecular formula is C22H29FN3O+. The zero-order valence-electron chi connectivity index (χ0n) is 16.4. The van der Waals surface area contributed by atoms with E-state index in [1.54, 1.807) is 0 Å². The minimum atomic E-state index is -0.211. The van der Waals surface area contributed by atoms with Gasteiger partial charge in [0.05, 0.1) is 32.2 Å². The Bertz CT molecular complexity index is 783. The van der Waals surface area contributed by atoms with Gasteiger partial charge in [-0.3, -0.25) is 4.79 Å². The molecule has 0 aromatic heterocycles. The van der Waals surface area contributed by atoms with Crippen LogP contribution in [0.5, 0.6) is 0 Å². The van der Waals surface area contributed by atoms with Crippen LogP contribution in [0, 0.1) is 19.7 Å². The summed E-state index contributed by atoms with van der Waals surface area (Å²) < 4.78 is 13.1. The zero-order valence-corrected chi connectivity index (χ0v) is 16.4. The Kier molecular flexibility index (Phi) is 6.11. The third-order valence-electron chi connectivity index (χ3n) is 5.48. The molecule has 1 amide bonds. The molecule has 2 aromatic rings. The van der Waals surface area contributed by atoms with Crippen molar-refractivity contribution in [1.82, 2.24) is 5.32 Å². The molecule has 0 bridgehead atoms. The lowest BCUT2D eigenvalue weighted by atomic mass is 10.0. The molecule has 2 aromatic carbocycles. The van der Waals surface area contributed by atoms with Crippen LogP contribution in [0.25, 0.3) is 0 Å². The van der Waals surface area contributed by atoms with E-state index in [1.807, 2.05) is 19.1 Å². The van der Waals surface area contributed by atoms with E-state index >= 15 is 0 Å². The number of hydrogen-bond acceptors (Lipinski definition) is 2. The molecule has 144 valence electrons. The summed E-state index contributed by atoms with van der Waals surface area (Å²) in [6.07, 6.45) is 0. The number of amides is 1. The second-order valence-electron chi connectivity index (χ2n) is 7.52. The monoisotopic (exact) mass is 370 g/mol. The molecule has 1 saturated heterocycles. The van der Waals surface area contributed by atoms with Crippen LogP contribution in [0.2, 0.25) is 0 Å². The maximum Gasteiger partial charge on any atom is 0.275 e. The molecule has 0 aliphatic carbocycles. The predicted octanol–water partition coefficient (Wildman–Crippen LogP) is 2.02. The van der Waals surface area contributed by atoms with Crippen molar-refractivity contribution in [2.45, 2.75) is 26.8 Å². The van der Waals surface area contributed by atoms with Crippen molar-refractivity contribution in [3.63, 3.8) is 0 Å². The molecule has 0 unspecified atom stereocenters. The van der Waals surface area contributed by atoms with Crippen molar-refractivity contribution in [3.05, 3.63) is 65.0 Å². The number of nitrogens with zero attached hydrogens (tertiary/aromatic N) is 1. The van der Waals surface area contributed by atoms with E-state index in [0.29, 0.717) is 6.54 Å². The molecule has 1 aliphatic rings. The molecule has 0 saturated carbocycles. The maximum absolute atomic E-state index is 13.1. The van der Waals surface area contributed by atoms with E-state index in [9.17, 15) is 9.18 Å². The second kappa shape index (κ2) is 8.53. The Labute approximate surface area is 161 Å². The van der Waals surface area contributed by atoms with Gasteiger partial charge in [0.15, 0.2) is 6.54 Å². The van der Waals surface area contributed by atoms with Crippen molar-refractivity contribution in [3.8, 4) is 0 Å². The summed E-state index contributed by atoms with van der Waals surface area (Å²) >= 11 is 0. The number of piperazine rings is 1. The molecule has 27 heavy (non-hydrogen) atoms. The fourth-order valence-corrected chi connectivity index (χ4v) is 3.55. The molecule has 0 radical (unpaired) electrons. The van der Waals surface area contributed by atoms with Gasteiger partial charge in [0.1, 0.15) is 5.82 Å². The van der Waals surface area contributed by atoms with Gasteiger partial charge in [-0.25, -0.2) is 4.39 Å². The van der Waals surface area contributed by atoms with Crippen LogP contribution < -0.4 is 15.1 Å². The largest absolute Gasteiger partial charge is 0.360 e. The molecule has 5 heteroatoms. The molecule has 1 atom stereocenters. The molecule has 1 aliphatic heterocycles. The van der Waals surface area contributed by atoms with Crippen LogP contribution in [0.3, 0.4) is 0 Å². The van der Waals surface area contributed by atoms with E-state index in [4.69, 9.17) is 0 Å². The fourth-order valence-electron chi connectivity index (χ4n) is 3.55. The van der Waals surface area contributed by atoms with Gasteiger partial charge in [-0.1, -0.05) is 18.2 Å². The van der Waals surface area contributed by atoms with Gasteiger partial charge in [-0.2, -0.15) is 0 Å². The summed E-state index contributed by atoms with van der Waals surface area (Å²) in [4.78, 5) is 16.0. The third-order valence-corrected chi connectivity index (χ3v) is 5.48. The van der Waals surface area contributed by atoms with E-state index in [2.05, 4.69) is 42.3 Å². The Morgan fingerprint density at radius 3 is 2.41 bits per heavy atom. The first-order chi connectivity index (χ1) is 12.9. The van der Waals surface area contributed by atoms with Crippen molar-refractivity contribution in [1.29, 1.82) is 0 Å². The Morgan fingerprint density at radius 2 is 1.78 bits per heavy atom. The number of rotatable bonds is 5. The minimum absolute atomic E-state index is 0.0108. The van der Waals surface area contributed by atoms with Crippen LogP contribution in [0.1, 0.15) is 29.7 Å². The highest BCUT2D eigenvalue weighted by Crippen LogP contribution is 2.17. The van der Waals surface area contributed by atoms with Crippen molar-refractivity contribution in [2.75, 3.05) is 37.6 Å². The van der Waals surface area contributed by atoms with Crippen molar-refractivity contribution < 1.29 is 14.1 Å². The number of hydrogen-bond donors (Lipinski definition) is 2. The average Bonchev–Trinajstić information content (AvgIpc) is 2.65. The van der Waals surface area contributed by atoms with E-state index in [0.717, 1.165) is 37.4 Å². The van der Waals surface area contributed by atoms with Gasteiger partial charge >= 0.3 is 0 Å². The lowest BCUT2D eigenvalue weighted by Gasteiger charge is -2.33. The number of quaternary nitrogens is 1. The average molecular weight is 370 g/mol. The van der Waals surface area contributed by atoms with Crippen LogP contribution in [0.4, 0.5) is 10.1 Å². The highest BCUT2D eigenvalue weighted by molar-refractivity contribution is 5.77. The Balaban J connectivity index is 1.47. The number of halogens is 1. The number of nitrogens with one attached hydrogen (secondary N) is 2. The van der Waals surface area contributed by atoms with Gasteiger partial charge in [0.25, 0.3) is 5.91 Å². The van der Waals surface area contributed by atoms with Gasteiger partial charge in [0, 0.05) is 5.69 Å². The topological polar surface area (TPSA) is 36.8 Å². The smallest absolute Gasteiger partial charge is 0.275 e. The van der Waals surface area contributed by atoms with E-state index in [1.165, 1.54) is 28.2 Å². The number of carbonyl (C=O) groups excluding carboxylic acids is 1. The van der Waals surface area contributed by atoms with Gasteiger partial charge < -0.3 is 15.1 Å². The molecule has 2 N–H and O–H groups in total. The highest BCUT2D eigenvalue weighted by atomic mass is 19.1. The molecule has 4 nitrogen and oxygen atoms in total.